The van der Waals surface area contributed by atoms with E-state index in [-0.39, 0.29) is 11.9 Å². The summed E-state index contributed by atoms with van der Waals surface area (Å²) in [4.78, 5) is 20.9. The Kier molecular flexibility index (Phi) is 4.01. The largest absolute Gasteiger partial charge is 0.348 e. The van der Waals surface area contributed by atoms with Crippen LogP contribution in [0.3, 0.4) is 0 Å². The molecule has 1 saturated heterocycles. The summed E-state index contributed by atoms with van der Waals surface area (Å²) in [7, 11) is 0. The molecule has 0 spiro atoms. The molecule has 0 bridgehead atoms. The first kappa shape index (κ1) is 13.8. The van der Waals surface area contributed by atoms with Gasteiger partial charge < -0.3 is 15.2 Å². The zero-order valence-electron chi connectivity index (χ0n) is 12.2. The summed E-state index contributed by atoms with van der Waals surface area (Å²) in [6.45, 7) is 3.67. The van der Waals surface area contributed by atoms with Crippen molar-refractivity contribution in [2.24, 2.45) is 0 Å². The number of hydrogen-bond donors (Lipinski definition) is 2. The first-order valence-electron chi connectivity index (χ1n) is 7.36. The van der Waals surface area contributed by atoms with Gasteiger partial charge in [0.15, 0.2) is 0 Å². The number of amides is 1. The fraction of sp³-hybridized carbons (Fsp3) is 0.375. The molecular formula is C16H20N4O. The molecule has 1 unspecified atom stereocenters. The first-order chi connectivity index (χ1) is 10.2. The fourth-order valence-corrected chi connectivity index (χ4v) is 2.63. The summed E-state index contributed by atoms with van der Waals surface area (Å²) in [6.07, 6.45) is 5.21. The number of hydrogen-bond acceptors (Lipinski definition) is 3. The molecule has 1 amide bonds. The van der Waals surface area contributed by atoms with Gasteiger partial charge in [-0.05, 0) is 31.0 Å². The third-order valence-corrected chi connectivity index (χ3v) is 3.91. The van der Waals surface area contributed by atoms with Crippen LogP contribution in [0.4, 0.5) is 5.69 Å². The number of rotatable bonds is 5. The van der Waals surface area contributed by atoms with Gasteiger partial charge in [-0.2, -0.15) is 0 Å². The third kappa shape index (κ3) is 3.13. The highest BCUT2D eigenvalue weighted by Gasteiger charge is 2.21. The Labute approximate surface area is 124 Å². The monoisotopic (exact) mass is 284 g/mol. The quantitative estimate of drug-likeness (QED) is 0.886. The fourth-order valence-electron chi connectivity index (χ4n) is 2.63. The molecule has 5 heteroatoms. The maximum Gasteiger partial charge on any atom is 0.227 e. The summed E-state index contributed by atoms with van der Waals surface area (Å²) >= 11 is 0. The van der Waals surface area contributed by atoms with E-state index in [1.807, 2.05) is 23.2 Å². The zero-order valence-corrected chi connectivity index (χ0v) is 12.2. The molecule has 1 fully saturated rings. The minimum Gasteiger partial charge on any atom is -0.348 e. The van der Waals surface area contributed by atoms with Gasteiger partial charge in [-0.15, -0.1) is 0 Å². The number of imidazole rings is 1. The molecule has 21 heavy (non-hydrogen) atoms. The summed E-state index contributed by atoms with van der Waals surface area (Å²) < 4.78 is 0. The van der Waals surface area contributed by atoms with Gasteiger partial charge in [0, 0.05) is 37.1 Å². The Morgan fingerprint density at radius 1 is 1.38 bits per heavy atom. The van der Waals surface area contributed by atoms with E-state index in [9.17, 15) is 4.79 Å². The van der Waals surface area contributed by atoms with E-state index >= 15 is 0 Å². The average molecular weight is 284 g/mol. The van der Waals surface area contributed by atoms with Crippen molar-refractivity contribution < 1.29 is 4.79 Å². The Hall–Kier alpha value is -2.14. The summed E-state index contributed by atoms with van der Waals surface area (Å²) in [5.41, 5.74) is 2.21. The summed E-state index contributed by atoms with van der Waals surface area (Å²) in [6, 6.07) is 8.47. The predicted octanol–water partition coefficient (Wildman–Crippen LogP) is 2.39. The van der Waals surface area contributed by atoms with Crippen LogP contribution in [0.5, 0.6) is 0 Å². The first-order valence-corrected chi connectivity index (χ1v) is 7.36. The van der Waals surface area contributed by atoms with Crippen LogP contribution in [-0.4, -0.2) is 22.4 Å². The molecule has 2 N–H and O–H groups in total. The van der Waals surface area contributed by atoms with E-state index in [1.54, 1.807) is 6.20 Å². The normalized spacial score (nSPS) is 16.4. The lowest BCUT2D eigenvalue weighted by molar-refractivity contribution is -0.117. The number of nitrogens with one attached hydrogen (secondary N) is 2. The average Bonchev–Trinajstić information content (AvgIpc) is 3.16. The standard InChI is InChI=1S/C16H20N4O/c1-12(19-11-15-17-8-9-18-15)13-4-6-14(7-5-13)20-10-2-3-16(20)21/h4-9,12,19H,2-3,10-11H2,1H3,(H,17,18). The van der Waals surface area contributed by atoms with Crippen molar-refractivity contribution in [3.05, 3.63) is 48.0 Å². The van der Waals surface area contributed by atoms with Crippen molar-refractivity contribution in [3.63, 3.8) is 0 Å². The molecule has 1 atom stereocenters. The second kappa shape index (κ2) is 6.10. The lowest BCUT2D eigenvalue weighted by Gasteiger charge is -2.18. The predicted molar refractivity (Wildman–Crippen MR) is 81.9 cm³/mol. The Balaban J connectivity index is 1.62. The number of carbonyl (C=O) groups is 1. The van der Waals surface area contributed by atoms with Crippen LogP contribution in [0.25, 0.3) is 0 Å². The highest BCUT2D eigenvalue weighted by Crippen LogP contribution is 2.23. The van der Waals surface area contributed by atoms with E-state index in [0.717, 1.165) is 24.5 Å². The molecule has 5 nitrogen and oxygen atoms in total. The molecule has 2 aromatic rings. The van der Waals surface area contributed by atoms with Gasteiger partial charge in [0.1, 0.15) is 5.82 Å². The molecule has 3 rings (SSSR count). The molecular weight excluding hydrogens is 264 g/mol. The second-order valence-corrected chi connectivity index (χ2v) is 5.38. The number of nitrogens with zero attached hydrogens (tertiary/aromatic N) is 2. The van der Waals surface area contributed by atoms with Crippen molar-refractivity contribution in [2.75, 3.05) is 11.4 Å². The van der Waals surface area contributed by atoms with Gasteiger partial charge in [-0.25, -0.2) is 4.98 Å². The van der Waals surface area contributed by atoms with E-state index in [0.29, 0.717) is 13.0 Å². The Bertz CT molecular complexity index is 591. The minimum atomic E-state index is 0.228. The second-order valence-electron chi connectivity index (χ2n) is 5.38. The van der Waals surface area contributed by atoms with Crippen LogP contribution in [0, 0.1) is 0 Å². The number of aromatic amines is 1. The van der Waals surface area contributed by atoms with Gasteiger partial charge in [-0.1, -0.05) is 12.1 Å². The van der Waals surface area contributed by atoms with E-state index in [1.165, 1.54) is 5.56 Å². The molecule has 1 aliphatic rings. The van der Waals surface area contributed by atoms with Crippen LogP contribution in [0.2, 0.25) is 0 Å². The number of benzene rings is 1. The summed E-state index contributed by atoms with van der Waals surface area (Å²) in [5.74, 6) is 1.16. The van der Waals surface area contributed by atoms with E-state index < -0.39 is 0 Å². The smallest absolute Gasteiger partial charge is 0.227 e. The van der Waals surface area contributed by atoms with Gasteiger partial charge in [-0.3, -0.25) is 4.79 Å². The van der Waals surface area contributed by atoms with Crippen molar-refractivity contribution >= 4 is 11.6 Å². The highest BCUT2D eigenvalue weighted by atomic mass is 16.2. The zero-order chi connectivity index (χ0) is 14.7. The van der Waals surface area contributed by atoms with Gasteiger partial charge >= 0.3 is 0 Å². The Morgan fingerprint density at radius 2 is 2.19 bits per heavy atom. The van der Waals surface area contributed by atoms with Gasteiger partial charge in [0.2, 0.25) is 5.91 Å². The van der Waals surface area contributed by atoms with Crippen molar-refractivity contribution in [1.29, 1.82) is 0 Å². The third-order valence-electron chi connectivity index (χ3n) is 3.91. The summed E-state index contributed by atoms with van der Waals surface area (Å²) in [5, 5.41) is 3.42. The maximum atomic E-state index is 11.7. The van der Waals surface area contributed by atoms with Gasteiger partial charge in [0.25, 0.3) is 0 Å². The molecule has 1 aromatic carbocycles. The van der Waals surface area contributed by atoms with E-state index in [4.69, 9.17) is 0 Å². The van der Waals surface area contributed by atoms with Crippen molar-refractivity contribution in [1.82, 2.24) is 15.3 Å². The molecule has 0 radical (unpaired) electrons. The number of anilines is 1. The molecule has 0 aliphatic carbocycles. The SMILES string of the molecule is CC(NCc1ncc[nH]1)c1ccc(N2CCCC2=O)cc1. The van der Waals surface area contributed by atoms with Crippen molar-refractivity contribution in [3.8, 4) is 0 Å². The number of aromatic nitrogens is 2. The highest BCUT2D eigenvalue weighted by molar-refractivity contribution is 5.95. The molecule has 1 aliphatic heterocycles. The Morgan fingerprint density at radius 3 is 2.81 bits per heavy atom. The maximum absolute atomic E-state index is 11.7. The van der Waals surface area contributed by atoms with E-state index in [2.05, 4.69) is 34.3 Å². The van der Waals surface area contributed by atoms with Crippen molar-refractivity contribution in [2.45, 2.75) is 32.4 Å². The van der Waals surface area contributed by atoms with Crippen LogP contribution >= 0.6 is 0 Å². The number of carbonyl (C=O) groups excluding carboxylic acids is 1. The minimum absolute atomic E-state index is 0.228. The van der Waals surface area contributed by atoms with Crippen LogP contribution in [-0.2, 0) is 11.3 Å². The lowest BCUT2D eigenvalue weighted by Crippen LogP contribution is -2.23. The number of H-pyrrole nitrogens is 1. The van der Waals surface area contributed by atoms with Crippen LogP contribution in [0.1, 0.15) is 37.2 Å². The lowest BCUT2D eigenvalue weighted by atomic mass is 10.1. The molecule has 1 aromatic heterocycles. The topological polar surface area (TPSA) is 61.0 Å². The van der Waals surface area contributed by atoms with Crippen LogP contribution < -0.4 is 10.2 Å². The molecule has 2 heterocycles. The van der Waals surface area contributed by atoms with Gasteiger partial charge in [0.05, 0.1) is 6.54 Å². The molecule has 110 valence electrons. The van der Waals surface area contributed by atoms with Crippen LogP contribution in [0.15, 0.2) is 36.7 Å². The molecule has 0 saturated carbocycles.